The van der Waals surface area contributed by atoms with Gasteiger partial charge in [-0.25, -0.2) is 4.68 Å². The fourth-order valence-electron chi connectivity index (χ4n) is 3.76. The van der Waals surface area contributed by atoms with Gasteiger partial charge in [0.1, 0.15) is 0 Å². The average Bonchev–Trinajstić information content (AvgIpc) is 3.11. The summed E-state index contributed by atoms with van der Waals surface area (Å²) < 4.78 is 1.80. The van der Waals surface area contributed by atoms with Gasteiger partial charge in [-0.3, -0.25) is 4.79 Å². The first-order chi connectivity index (χ1) is 11.7. The second kappa shape index (κ2) is 6.36. The van der Waals surface area contributed by atoms with E-state index >= 15 is 0 Å². The topological polar surface area (TPSA) is 63.1 Å². The lowest BCUT2D eigenvalue weighted by molar-refractivity contribution is -0.130. The second-order valence-corrected chi connectivity index (χ2v) is 6.81. The normalized spacial score (nSPS) is 23.3. The van der Waals surface area contributed by atoms with Crippen molar-refractivity contribution in [3.63, 3.8) is 0 Å². The van der Waals surface area contributed by atoms with Gasteiger partial charge in [0.25, 0.3) is 0 Å². The molecule has 2 aromatic rings. The molecule has 0 radical (unpaired) electrons. The number of benzene rings is 1. The molecule has 2 aliphatic heterocycles. The van der Waals surface area contributed by atoms with Crippen LogP contribution in [-0.4, -0.2) is 51.0 Å². The van der Waals surface area contributed by atoms with Crippen LogP contribution in [0.3, 0.4) is 0 Å². The van der Waals surface area contributed by atoms with Gasteiger partial charge in [-0.05, 0) is 38.3 Å². The van der Waals surface area contributed by atoms with Crippen molar-refractivity contribution in [2.45, 2.75) is 44.7 Å². The van der Waals surface area contributed by atoms with Crippen LogP contribution in [0.5, 0.6) is 0 Å². The maximum Gasteiger partial charge on any atom is 0.228 e. The van der Waals surface area contributed by atoms with Gasteiger partial charge in [0, 0.05) is 25.2 Å². The van der Waals surface area contributed by atoms with Crippen LogP contribution in [0, 0.1) is 6.92 Å². The van der Waals surface area contributed by atoms with E-state index in [0.717, 1.165) is 36.6 Å². The van der Waals surface area contributed by atoms with Crippen molar-refractivity contribution in [2.24, 2.45) is 0 Å². The molecule has 0 spiro atoms. The molecule has 2 atom stereocenters. The number of amides is 1. The summed E-state index contributed by atoms with van der Waals surface area (Å²) in [5.74, 6) is 0.160. The third-order valence-corrected chi connectivity index (χ3v) is 5.19. The highest BCUT2D eigenvalue weighted by molar-refractivity contribution is 5.78. The third-order valence-electron chi connectivity index (χ3n) is 5.19. The smallest absolute Gasteiger partial charge is 0.228 e. The molecule has 4 rings (SSSR count). The van der Waals surface area contributed by atoms with Crippen LogP contribution >= 0.6 is 0 Å². The number of para-hydroxylation sites is 1. The largest absolute Gasteiger partial charge is 0.341 e. The molecule has 1 aromatic heterocycles. The van der Waals surface area contributed by atoms with Crippen LogP contribution < -0.4 is 5.32 Å². The van der Waals surface area contributed by atoms with Crippen LogP contribution in [0.25, 0.3) is 5.69 Å². The number of hydrogen-bond acceptors (Lipinski definition) is 4. The molecule has 1 amide bonds. The molecule has 2 bridgehead atoms. The zero-order chi connectivity index (χ0) is 16.5. The summed E-state index contributed by atoms with van der Waals surface area (Å²) in [5, 5.41) is 12.1. The van der Waals surface area contributed by atoms with E-state index in [0.29, 0.717) is 18.5 Å². The quantitative estimate of drug-likeness (QED) is 0.928. The van der Waals surface area contributed by atoms with Gasteiger partial charge in [0.15, 0.2) is 0 Å². The Morgan fingerprint density at radius 2 is 2.00 bits per heavy atom. The monoisotopic (exact) mass is 325 g/mol. The van der Waals surface area contributed by atoms with Crippen molar-refractivity contribution in [3.05, 3.63) is 41.7 Å². The standard InChI is InChI=1S/C18H23N5O/c1-13-17(20-21-23(13)16-5-3-2-4-6-16)11-18(24)22-10-9-14-7-8-15(12-22)19-14/h2-6,14-15,19H,7-12H2,1H3. The molecule has 1 N–H and O–H groups in total. The SMILES string of the molecule is Cc1c(CC(=O)N2CCC3CCC(C2)N3)nnn1-c1ccccc1. The molecule has 126 valence electrons. The molecule has 6 nitrogen and oxygen atoms in total. The van der Waals surface area contributed by atoms with Crippen molar-refractivity contribution in [2.75, 3.05) is 13.1 Å². The zero-order valence-electron chi connectivity index (χ0n) is 14.0. The molecule has 6 heteroatoms. The number of rotatable bonds is 3. The van der Waals surface area contributed by atoms with Crippen LogP contribution in [-0.2, 0) is 11.2 Å². The van der Waals surface area contributed by atoms with E-state index in [1.54, 1.807) is 4.68 Å². The Balaban J connectivity index is 1.47. The molecule has 24 heavy (non-hydrogen) atoms. The number of likely N-dealkylation sites (tertiary alicyclic amines) is 1. The Morgan fingerprint density at radius 1 is 1.21 bits per heavy atom. The average molecular weight is 325 g/mol. The lowest BCUT2D eigenvalue weighted by atomic mass is 10.1. The summed E-state index contributed by atoms with van der Waals surface area (Å²) in [6.07, 6.45) is 3.81. The van der Waals surface area contributed by atoms with E-state index in [-0.39, 0.29) is 5.91 Å². The minimum absolute atomic E-state index is 0.160. The minimum atomic E-state index is 0.160. The van der Waals surface area contributed by atoms with E-state index in [4.69, 9.17) is 0 Å². The van der Waals surface area contributed by atoms with Crippen molar-refractivity contribution in [3.8, 4) is 5.69 Å². The lowest BCUT2D eigenvalue weighted by Crippen LogP contribution is -2.39. The molecule has 2 unspecified atom stereocenters. The summed E-state index contributed by atoms with van der Waals surface area (Å²) in [6, 6.07) is 11.0. The fourth-order valence-corrected chi connectivity index (χ4v) is 3.76. The minimum Gasteiger partial charge on any atom is -0.341 e. The van der Waals surface area contributed by atoms with Crippen molar-refractivity contribution >= 4 is 5.91 Å². The number of fused-ring (bicyclic) bond motifs is 2. The third kappa shape index (κ3) is 2.94. The first-order valence-electron chi connectivity index (χ1n) is 8.71. The molecule has 0 saturated carbocycles. The van der Waals surface area contributed by atoms with Crippen LogP contribution in [0.4, 0.5) is 0 Å². The molecule has 2 aliphatic rings. The Kier molecular flexibility index (Phi) is 4.06. The Labute approximate surface area is 141 Å². The van der Waals surface area contributed by atoms with Crippen LogP contribution in [0.1, 0.15) is 30.7 Å². The number of carbonyl (C=O) groups is 1. The second-order valence-electron chi connectivity index (χ2n) is 6.81. The van der Waals surface area contributed by atoms with Gasteiger partial charge in [-0.2, -0.15) is 0 Å². The van der Waals surface area contributed by atoms with Crippen molar-refractivity contribution in [1.29, 1.82) is 0 Å². The van der Waals surface area contributed by atoms with Gasteiger partial charge >= 0.3 is 0 Å². The predicted octanol–water partition coefficient (Wildman–Crippen LogP) is 1.47. The first kappa shape index (κ1) is 15.3. The van der Waals surface area contributed by atoms with Crippen LogP contribution in [0.2, 0.25) is 0 Å². The van der Waals surface area contributed by atoms with E-state index in [2.05, 4.69) is 15.6 Å². The Morgan fingerprint density at radius 3 is 2.83 bits per heavy atom. The fraction of sp³-hybridized carbons (Fsp3) is 0.500. The van der Waals surface area contributed by atoms with Gasteiger partial charge in [-0.1, -0.05) is 23.4 Å². The summed E-state index contributed by atoms with van der Waals surface area (Å²) in [4.78, 5) is 14.7. The molecule has 3 heterocycles. The number of nitrogens with zero attached hydrogens (tertiary/aromatic N) is 4. The van der Waals surface area contributed by atoms with E-state index in [1.165, 1.54) is 12.8 Å². The maximum absolute atomic E-state index is 12.7. The Bertz CT molecular complexity index is 726. The van der Waals surface area contributed by atoms with E-state index in [1.807, 2.05) is 42.2 Å². The summed E-state index contributed by atoms with van der Waals surface area (Å²) >= 11 is 0. The van der Waals surface area contributed by atoms with Crippen molar-refractivity contribution < 1.29 is 4.79 Å². The number of carbonyl (C=O) groups excluding carboxylic acids is 1. The molecule has 0 aliphatic carbocycles. The molecule has 2 saturated heterocycles. The summed E-state index contributed by atoms with van der Waals surface area (Å²) in [7, 11) is 0. The van der Waals surface area contributed by atoms with Crippen molar-refractivity contribution in [1.82, 2.24) is 25.2 Å². The van der Waals surface area contributed by atoms with Gasteiger partial charge in [-0.15, -0.1) is 5.10 Å². The molecular formula is C18H23N5O. The van der Waals surface area contributed by atoms with Gasteiger partial charge in [0.05, 0.1) is 23.5 Å². The lowest BCUT2D eigenvalue weighted by Gasteiger charge is -2.24. The summed E-state index contributed by atoms with van der Waals surface area (Å²) in [5.41, 5.74) is 2.67. The van der Waals surface area contributed by atoms with E-state index in [9.17, 15) is 4.79 Å². The first-order valence-corrected chi connectivity index (χ1v) is 8.71. The van der Waals surface area contributed by atoms with Gasteiger partial charge < -0.3 is 10.2 Å². The van der Waals surface area contributed by atoms with E-state index < -0.39 is 0 Å². The molecule has 2 fully saturated rings. The van der Waals surface area contributed by atoms with Gasteiger partial charge in [0.2, 0.25) is 5.91 Å². The molecular weight excluding hydrogens is 302 g/mol. The highest BCUT2D eigenvalue weighted by atomic mass is 16.2. The highest BCUT2D eigenvalue weighted by Crippen LogP contribution is 2.21. The highest BCUT2D eigenvalue weighted by Gasteiger charge is 2.31. The predicted molar refractivity (Wildman–Crippen MR) is 90.9 cm³/mol. The number of hydrogen-bond donors (Lipinski definition) is 1. The Hall–Kier alpha value is -2.21. The zero-order valence-corrected chi connectivity index (χ0v) is 14.0. The van der Waals surface area contributed by atoms with Crippen LogP contribution in [0.15, 0.2) is 30.3 Å². The number of nitrogens with one attached hydrogen (secondary N) is 1. The summed E-state index contributed by atoms with van der Waals surface area (Å²) in [6.45, 7) is 3.64. The molecule has 1 aromatic carbocycles. The number of aromatic nitrogens is 3. The maximum atomic E-state index is 12.7.